The molecule has 0 bridgehead atoms. The third-order valence-electron chi connectivity index (χ3n) is 3.44. The van der Waals surface area contributed by atoms with Gasteiger partial charge in [-0.3, -0.25) is 4.79 Å². The van der Waals surface area contributed by atoms with Crippen LogP contribution in [0.4, 0.5) is 5.69 Å². The first-order valence-electron chi connectivity index (χ1n) is 7.19. The van der Waals surface area contributed by atoms with E-state index in [2.05, 4.69) is 26.1 Å². The highest BCUT2D eigenvalue weighted by atomic mass is 35.5. The second-order valence-corrected chi connectivity index (χ2v) is 6.45. The number of nitrogen functional groups attached to an aromatic ring is 1. The Hall–Kier alpha value is -1.22. The van der Waals surface area contributed by atoms with Crippen LogP contribution in [0.2, 0.25) is 5.02 Å². The molecule has 20 heavy (non-hydrogen) atoms. The minimum atomic E-state index is -0.100. The average molecular weight is 297 g/mol. The van der Waals surface area contributed by atoms with Crippen LogP contribution < -0.4 is 11.1 Å². The quantitative estimate of drug-likeness (QED) is 0.583. The van der Waals surface area contributed by atoms with Crippen molar-refractivity contribution < 1.29 is 4.79 Å². The van der Waals surface area contributed by atoms with E-state index in [1.807, 2.05) is 0 Å². The molecule has 3 N–H and O–H groups in total. The third kappa shape index (κ3) is 5.41. The molecule has 1 amide bonds. The van der Waals surface area contributed by atoms with Gasteiger partial charge in [0.2, 0.25) is 0 Å². The van der Waals surface area contributed by atoms with Gasteiger partial charge in [-0.2, -0.15) is 0 Å². The summed E-state index contributed by atoms with van der Waals surface area (Å²) >= 11 is 5.85. The van der Waals surface area contributed by atoms with E-state index in [1.54, 1.807) is 18.2 Å². The first-order chi connectivity index (χ1) is 9.35. The molecule has 0 heterocycles. The van der Waals surface area contributed by atoms with Gasteiger partial charge in [-0.1, -0.05) is 51.6 Å². The predicted octanol–water partition coefficient (Wildman–Crippen LogP) is 4.26. The Balaban J connectivity index is 2.51. The fourth-order valence-electron chi connectivity index (χ4n) is 2.05. The SMILES string of the molecule is CCCCCC(C)(C)CNC(=O)c1ccc(Cl)c(N)c1. The first kappa shape index (κ1) is 16.8. The first-order valence-corrected chi connectivity index (χ1v) is 7.57. The molecule has 1 aromatic rings. The van der Waals surface area contributed by atoms with Gasteiger partial charge in [-0.25, -0.2) is 0 Å². The fraction of sp³-hybridized carbons (Fsp3) is 0.562. The molecule has 0 aliphatic rings. The molecule has 0 atom stereocenters. The van der Waals surface area contributed by atoms with E-state index in [0.29, 0.717) is 22.8 Å². The van der Waals surface area contributed by atoms with Crippen molar-refractivity contribution in [3.05, 3.63) is 28.8 Å². The lowest BCUT2D eigenvalue weighted by molar-refractivity contribution is 0.0934. The molecule has 0 fully saturated rings. The van der Waals surface area contributed by atoms with Crippen molar-refractivity contribution in [2.45, 2.75) is 46.5 Å². The van der Waals surface area contributed by atoms with Gasteiger partial charge in [-0.15, -0.1) is 0 Å². The number of halogens is 1. The molecule has 3 nitrogen and oxygen atoms in total. The molecule has 0 radical (unpaired) electrons. The van der Waals surface area contributed by atoms with Crippen LogP contribution in [0.5, 0.6) is 0 Å². The second-order valence-electron chi connectivity index (χ2n) is 6.04. The zero-order chi connectivity index (χ0) is 15.2. The maximum Gasteiger partial charge on any atom is 0.251 e. The average Bonchev–Trinajstić information content (AvgIpc) is 2.39. The van der Waals surface area contributed by atoms with E-state index in [4.69, 9.17) is 17.3 Å². The summed E-state index contributed by atoms with van der Waals surface area (Å²) in [7, 11) is 0. The van der Waals surface area contributed by atoms with Crippen molar-refractivity contribution in [2.24, 2.45) is 5.41 Å². The van der Waals surface area contributed by atoms with Crippen molar-refractivity contribution in [2.75, 3.05) is 12.3 Å². The van der Waals surface area contributed by atoms with Crippen LogP contribution in [0.25, 0.3) is 0 Å². The summed E-state index contributed by atoms with van der Waals surface area (Å²) in [6.07, 6.45) is 4.77. The highest BCUT2D eigenvalue weighted by Crippen LogP contribution is 2.23. The number of unbranched alkanes of at least 4 members (excludes halogenated alkanes) is 2. The molecule has 0 unspecified atom stereocenters. The molecule has 0 saturated heterocycles. The van der Waals surface area contributed by atoms with Crippen molar-refractivity contribution in [1.82, 2.24) is 5.32 Å². The van der Waals surface area contributed by atoms with Gasteiger partial charge in [0, 0.05) is 12.1 Å². The summed E-state index contributed by atoms with van der Waals surface area (Å²) in [5, 5.41) is 3.45. The van der Waals surface area contributed by atoms with Gasteiger partial charge in [0.05, 0.1) is 10.7 Å². The van der Waals surface area contributed by atoms with Gasteiger partial charge < -0.3 is 11.1 Å². The predicted molar refractivity (Wildman–Crippen MR) is 86.1 cm³/mol. The van der Waals surface area contributed by atoms with Crippen LogP contribution in [-0.4, -0.2) is 12.5 Å². The van der Waals surface area contributed by atoms with Crippen LogP contribution in [0, 0.1) is 5.41 Å². The van der Waals surface area contributed by atoms with Crippen LogP contribution in [-0.2, 0) is 0 Å². The number of anilines is 1. The number of nitrogens with two attached hydrogens (primary N) is 1. The van der Waals surface area contributed by atoms with Crippen molar-refractivity contribution in [3.63, 3.8) is 0 Å². The van der Waals surface area contributed by atoms with Gasteiger partial charge in [0.1, 0.15) is 0 Å². The lowest BCUT2D eigenvalue weighted by Crippen LogP contribution is -2.34. The Bertz CT molecular complexity index is 458. The summed E-state index contributed by atoms with van der Waals surface area (Å²) in [6.45, 7) is 7.22. The number of benzene rings is 1. The molecule has 0 aliphatic heterocycles. The van der Waals surface area contributed by atoms with Crippen LogP contribution in [0.3, 0.4) is 0 Å². The third-order valence-corrected chi connectivity index (χ3v) is 3.79. The number of carbonyl (C=O) groups excluding carboxylic acids is 1. The van der Waals surface area contributed by atoms with Gasteiger partial charge in [0.15, 0.2) is 0 Å². The fourth-order valence-corrected chi connectivity index (χ4v) is 2.17. The van der Waals surface area contributed by atoms with Crippen molar-refractivity contribution in [1.29, 1.82) is 0 Å². The maximum absolute atomic E-state index is 12.1. The van der Waals surface area contributed by atoms with E-state index in [-0.39, 0.29) is 11.3 Å². The van der Waals surface area contributed by atoms with Crippen LogP contribution in [0.15, 0.2) is 18.2 Å². The molecular weight excluding hydrogens is 272 g/mol. The molecule has 1 rings (SSSR count). The minimum absolute atomic E-state index is 0.100. The highest BCUT2D eigenvalue weighted by molar-refractivity contribution is 6.33. The van der Waals surface area contributed by atoms with E-state index in [9.17, 15) is 4.79 Å². The summed E-state index contributed by atoms with van der Waals surface area (Å²) in [6, 6.07) is 4.96. The monoisotopic (exact) mass is 296 g/mol. The van der Waals surface area contributed by atoms with Crippen molar-refractivity contribution in [3.8, 4) is 0 Å². The standard InChI is InChI=1S/C16H25ClN2O/c1-4-5-6-9-16(2,3)11-19-15(20)12-7-8-13(17)14(18)10-12/h7-8,10H,4-6,9,11,18H2,1-3H3,(H,19,20). The molecule has 1 aromatic carbocycles. The zero-order valence-electron chi connectivity index (χ0n) is 12.6. The minimum Gasteiger partial charge on any atom is -0.398 e. The Labute approximate surface area is 126 Å². The Kier molecular flexibility index (Phi) is 6.34. The topological polar surface area (TPSA) is 55.1 Å². The number of nitrogens with one attached hydrogen (secondary N) is 1. The van der Waals surface area contributed by atoms with E-state index < -0.39 is 0 Å². The van der Waals surface area contributed by atoms with E-state index >= 15 is 0 Å². The van der Waals surface area contributed by atoms with Gasteiger partial charge in [0.25, 0.3) is 5.91 Å². The summed E-state index contributed by atoms with van der Waals surface area (Å²) in [4.78, 5) is 12.1. The summed E-state index contributed by atoms with van der Waals surface area (Å²) in [5.41, 5.74) is 6.81. The van der Waals surface area contributed by atoms with Gasteiger partial charge in [-0.05, 0) is 30.0 Å². The Morgan fingerprint density at radius 1 is 1.35 bits per heavy atom. The smallest absolute Gasteiger partial charge is 0.251 e. The number of carbonyl (C=O) groups is 1. The second kappa shape index (κ2) is 7.53. The summed E-state index contributed by atoms with van der Waals surface area (Å²) in [5.74, 6) is -0.100. The molecular formula is C16H25ClN2O. The van der Waals surface area contributed by atoms with E-state index in [0.717, 1.165) is 6.42 Å². The molecule has 0 aliphatic carbocycles. The number of amides is 1. The molecule has 0 aromatic heterocycles. The van der Waals surface area contributed by atoms with Crippen LogP contribution >= 0.6 is 11.6 Å². The van der Waals surface area contributed by atoms with Gasteiger partial charge >= 0.3 is 0 Å². The molecule has 0 saturated carbocycles. The lowest BCUT2D eigenvalue weighted by atomic mass is 9.87. The van der Waals surface area contributed by atoms with Crippen molar-refractivity contribution >= 4 is 23.2 Å². The Morgan fingerprint density at radius 3 is 2.65 bits per heavy atom. The van der Waals surface area contributed by atoms with E-state index in [1.165, 1.54) is 19.3 Å². The van der Waals surface area contributed by atoms with Crippen LogP contribution in [0.1, 0.15) is 56.8 Å². The molecule has 112 valence electrons. The molecule has 0 spiro atoms. The lowest BCUT2D eigenvalue weighted by Gasteiger charge is -2.25. The highest BCUT2D eigenvalue weighted by Gasteiger charge is 2.18. The maximum atomic E-state index is 12.1. The number of hydrogen-bond donors (Lipinski definition) is 2. The Morgan fingerprint density at radius 2 is 2.05 bits per heavy atom. The molecule has 4 heteroatoms. The normalized spacial score (nSPS) is 11.4. The largest absolute Gasteiger partial charge is 0.398 e. The number of rotatable bonds is 7. The summed E-state index contributed by atoms with van der Waals surface area (Å²) < 4.78 is 0. The zero-order valence-corrected chi connectivity index (χ0v) is 13.4. The number of hydrogen-bond acceptors (Lipinski definition) is 2.